The summed E-state index contributed by atoms with van der Waals surface area (Å²) in [4.78, 5) is 22.8. The van der Waals surface area contributed by atoms with Crippen molar-refractivity contribution in [3.63, 3.8) is 0 Å². The Hall–Kier alpha value is -1.59. The van der Waals surface area contributed by atoms with Gasteiger partial charge in [0.2, 0.25) is 0 Å². The third kappa shape index (κ3) is 3.94. The molecule has 0 atom stereocenters. The summed E-state index contributed by atoms with van der Waals surface area (Å²) in [6, 6.07) is 1.45. The number of halogens is 2. The van der Waals surface area contributed by atoms with Gasteiger partial charge in [-0.05, 0) is 12.5 Å². The summed E-state index contributed by atoms with van der Waals surface area (Å²) in [6.07, 6.45) is 6.40. The van der Waals surface area contributed by atoms with E-state index in [1.807, 2.05) is 0 Å². The number of H-pyrrole nitrogens is 1. The van der Waals surface area contributed by atoms with Gasteiger partial charge in [-0.3, -0.25) is 4.79 Å². The molecule has 0 aliphatic heterocycles. The number of hydrogen-bond acceptors (Lipinski definition) is 3. The van der Waals surface area contributed by atoms with E-state index in [0.717, 1.165) is 18.7 Å². The maximum absolute atomic E-state index is 11.9. The first kappa shape index (κ1) is 13.8. The summed E-state index contributed by atoms with van der Waals surface area (Å²) >= 11 is 11.6. The van der Waals surface area contributed by atoms with E-state index in [4.69, 9.17) is 23.2 Å². The minimum absolute atomic E-state index is 0.241. The Morgan fingerprint density at radius 1 is 1.37 bits per heavy atom. The van der Waals surface area contributed by atoms with E-state index in [1.54, 1.807) is 12.4 Å². The lowest BCUT2D eigenvalue weighted by atomic mass is 10.2. The predicted molar refractivity (Wildman–Crippen MR) is 73.5 cm³/mol. The second-order valence-electron chi connectivity index (χ2n) is 3.88. The van der Waals surface area contributed by atoms with E-state index in [9.17, 15) is 4.79 Å². The number of hydrogen-bond donors (Lipinski definition) is 2. The maximum atomic E-state index is 11.9. The Morgan fingerprint density at radius 2 is 2.21 bits per heavy atom. The van der Waals surface area contributed by atoms with Gasteiger partial charge < -0.3 is 10.3 Å². The van der Waals surface area contributed by atoms with Crippen LogP contribution in [0.25, 0.3) is 0 Å². The lowest BCUT2D eigenvalue weighted by Crippen LogP contribution is -2.25. The Kier molecular flexibility index (Phi) is 4.76. The average Bonchev–Trinajstić information content (AvgIpc) is 2.90. The van der Waals surface area contributed by atoms with Crippen molar-refractivity contribution in [1.29, 1.82) is 0 Å². The Morgan fingerprint density at radius 3 is 2.95 bits per heavy atom. The summed E-state index contributed by atoms with van der Waals surface area (Å²) in [6.45, 7) is 0.538. The van der Waals surface area contributed by atoms with Crippen molar-refractivity contribution in [2.75, 3.05) is 6.54 Å². The number of aromatic amines is 1. The largest absolute Gasteiger partial charge is 0.352 e. The van der Waals surface area contributed by atoms with Gasteiger partial charge in [0.05, 0.1) is 10.6 Å². The highest BCUT2D eigenvalue weighted by molar-refractivity contribution is 6.35. The second kappa shape index (κ2) is 6.54. The fourth-order valence-corrected chi connectivity index (χ4v) is 1.92. The maximum Gasteiger partial charge on any atom is 0.252 e. The zero-order chi connectivity index (χ0) is 13.7. The van der Waals surface area contributed by atoms with Crippen LogP contribution in [0.3, 0.4) is 0 Å². The quantitative estimate of drug-likeness (QED) is 0.658. The first-order valence-electron chi connectivity index (χ1n) is 5.74. The molecule has 7 heteroatoms. The summed E-state index contributed by atoms with van der Waals surface area (Å²) in [5.41, 5.74) is 0.333. The van der Waals surface area contributed by atoms with Gasteiger partial charge in [0, 0.05) is 31.6 Å². The molecular formula is C12H12Cl2N4O. The molecule has 0 aliphatic carbocycles. The Labute approximate surface area is 120 Å². The van der Waals surface area contributed by atoms with Crippen LogP contribution in [-0.4, -0.2) is 27.4 Å². The van der Waals surface area contributed by atoms with Crippen LogP contribution in [0.1, 0.15) is 22.6 Å². The molecule has 2 heterocycles. The van der Waals surface area contributed by atoms with Crippen molar-refractivity contribution in [3.05, 3.63) is 46.2 Å². The third-order valence-corrected chi connectivity index (χ3v) is 3.01. The highest BCUT2D eigenvalue weighted by Crippen LogP contribution is 2.17. The van der Waals surface area contributed by atoms with Gasteiger partial charge in [0.1, 0.15) is 11.0 Å². The van der Waals surface area contributed by atoms with Gasteiger partial charge >= 0.3 is 0 Å². The molecule has 0 spiro atoms. The van der Waals surface area contributed by atoms with Crippen LogP contribution in [-0.2, 0) is 6.42 Å². The van der Waals surface area contributed by atoms with Crippen molar-refractivity contribution in [2.45, 2.75) is 12.8 Å². The monoisotopic (exact) mass is 298 g/mol. The molecular weight excluding hydrogens is 287 g/mol. The van der Waals surface area contributed by atoms with Crippen LogP contribution in [0.2, 0.25) is 10.2 Å². The van der Waals surface area contributed by atoms with Gasteiger partial charge in [-0.1, -0.05) is 23.2 Å². The predicted octanol–water partition coefficient (Wildman–Crippen LogP) is 2.47. The van der Waals surface area contributed by atoms with E-state index in [1.165, 1.54) is 12.3 Å². The van der Waals surface area contributed by atoms with Gasteiger partial charge in [-0.25, -0.2) is 9.97 Å². The molecule has 0 fully saturated rings. The van der Waals surface area contributed by atoms with Crippen molar-refractivity contribution in [2.24, 2.45) is 0 Å². The SMILES string of the molecule is O=C(NCCCc1ncc[nH]1)c1cc(Cl)ncc1Cl. The molecule has 100 valence electrons. The summed E-state index contributed by atoms with van der Waals surface area (Å²) in [5.74, 6) is 0.646. The van der Waals surface area contributed by atoms with Crippen molar-refractivity contribution >= 4 is 29.1 Å². The smallest absolute Gasteiger partial charge is 0.252 e. The standard InChI is InChI=1S/C12H12Cl2N4O/c13-9-7-18-10(14)6-8(9)12(19)17-3-1-2-11-15-4-5-16-11/h4-7H,1-3H2,(H,15,16)(H,17,19). The van der Waals surface area contributed by atoms with Gasteiger partial charge in [0.15, 0.2) is 0 Å². The minimum atomic E-state index is -0.256. The van der Waals surface area contributed by atoms with E-state index in [-0.39, 0.29) is 16.1 Å². The molecule has 0 saturated carbocycles. The molecule has 2 aromatic rings. The van der Waals surface area contributed by atoms with E-state index in [2.05, 4.69) is 20.3 Å². The zero-order valence-electron chi connectivity index (χ0n) is 9.99. The van der Waals surface area contributed by atoms with E-state index >= 15 is 0 Å². The number of rotatable bonds is 5. The topological polar surface area (TPSA) is 70.7 Å². The third-order valence-electron chi connectivity index (χ3n) is 2.50. The minimum Gasteiger partial charge on any atom is -0.352 e. The average molecular weight is 299 g/mol. The normalized spacial score (nSPS) is 10.4. The van der Waals surface area contributed by atoms with Gasteiger partial charge in [-0.15, -0.1) is 0 Å². The second-order valence-corrected chi connectivity index (χ2v) is 4.68. The Bertz CT molecular complexity index is 557. The molecule has 0 saturated heterocycles. The fourth-order valence-electron chi connectivity index (χ4n) is 1.57. The summed E-state index contributed by atoms with van der Waals surface area (Å²) in [5, 5.41) is 3.30. The highest BCUT2D eigenvalue weighted by Gasteiger charge is 2.11. The number of aromatic nitrogens is 3. The molecule has 2 aromatic heterocycles. The molecule has 0 bridgehead atoms. The molecule has 2 rings (SSSR count). The van der Waals surface area contributed by atoms with Crippen molar-refractivity contribution in [1.82, 2.24) is 20.3 Å². The van der Waals surface area contributed by atoms with Gasteiger partial charge in [-0.2, -0.15) is 0 Å². The molecule has 0 aliphatic rings. The van der Waals surface area contributed by atoms with Crippen LogP contribution in [0.4, 0.5) is 0 Å². The number of nitrogens with zero attached hydrogens (tertiary/aromatic N) is 2. The fraction of sp³-hybridized carbons (Fsp3) is 0.250. The Balaban J connectivity index is 1.82. The lowest BCUT2D eigenvalue weighted by Gasteiger charge is -2.06. The first-order chi connectivity index (χ1) is 9.16. The number of imidazole rings is 1. The number of nitrogens with one attached hydrogen (secondary N) is 2. The van der Waals surface area contributed by atoms with Crippen molar-refractivity contribution in [3.8, 4) is 0 Å². The molecule has 0 unspecified atom stereocenters. The molecule has 0 radical (unpaired) electrons. The number of aryl methyl sites for hydroxylation is 1. The number of carbonyl (C=O) groups excluding carboxylic acids is 1. The number of carbonyl (C=O) groups is 1. The number of pyridine rings is 1. The molecule has 5 nitrogen and oxygen atoms in total. The first-order valence-corrected chi connectivity index (χ1v) is 6.50. The lowest BCUT2D eigenvalue weighted by molar-refractivity contribution is 0.0953. The van der Waals surface area contributed by atoms with Crippen LogP contribution < -0.4 is 5.32 Å². The zero-order valence-corrected chi connectivity index (χ0v) is 11.5. The van der Waals surface area contributed by atoms with Crippen LogP contribution in [0.15, 0.2) is 24.7 Å². The molecule has 19 heavy (non-hydrogen) atoms. The highest BCUT2D eigenvalue weighted by atomic mass is 35.5. The molecule has 2 N–H and O–H groups in total. The summed E-state index contributed by atoms with van der Waals surface area (Å²) in [7, 11) is 0. The molecule has 0 aromatic carbocycles. The van der Waals surface area contributed by atoms with Crippen LogP contribution in [0.5, 0.6) is 0 Å². The van der Waals surface area contributed by atoms with Crippen LogP contribution >= 0.6 is 23.2 Å². The van der Waals surface area contributed by atoms with Gasteiger partial charge in [0.25, 0.3) is 5.91 Å². The molecule has 1 amide bonds. The summed E-state index contributed by atoms with van der Waals surface area (Å²) < 4.78 is 0. The van der Waals surface area contributed by atoms with Crippen LogP contribution in [0, 0.1) is 0 Å². The van der Waals surface area contributed by atoms with E-state index < -0.39 is 0 Å². The van der Waals surface area contributed by atoms with E-state index in [0.29, 0.717) is 12.1 Å². The van der Waals surface area contributed by atoms with Crippen molar-refractivity contribution < 1.29 is 4.79 Å². The number of amides is 1.